The van der Waals surface area contributed by atoms with E-state index in [1.165, 1.54) is 0 Å². The fourth-order valence-corrected chi connectivity index (χ4v) is 5.89. The van der Waals surface area contributed by atoms with Crippen molar-refractivity contribution < 1.29 is 13.2 Å². The summed E-state index contributed by atoms with van der Waals surface area (Å²) in [7, 11) is -3.36. The highest BCUT2D eigenvalue weighted by Crippen LogP contribution is 2.27. The summed E-state index contributed by atoms with van der Waals surface area (Å²) in [5.74, 6) is 1.45. The second-order valence-corrected chi connectivity index (χ2v) is 9.67. The summed E-state index contributed by atoms with van der Waals surface area (Å²) in [6.45, 7) is 5.05. The molecule has 0 radical (unpaired) electrons. The number of aryl methyl sites for hydroxylation is 1. The Balaban J connectivity index is 1.32. The first-order chi connectivity index (χ1) is 12.5. The van der Waals surface area contributed by atoms with Crippen molar-refractivity contribution >= 4 is 15.9 Å². The molecule has 0 saturated carbocycles. The number of hydrogen-bond donors (Lipinski definition) is 1. The van der Waals surface area contributed by atoms with Crippen molar-refractivity contribution in [3.63, 3.8) is 0 Å². The van der Waals surface area contributed by atoms with E-state index >= 15 is 0 Å². The van der Waals surface area contributed by atoms with Crippen LogP contribution in [0.4, 0.5) is 0 Å². The van der Waals surface area contributed by atoms with Crippen molar-refractivity contribution in [2.45, 2.75) is 30.6 Å². The van der Waals surface area contributed by atoms with Gasteiger partial charge >= 0.3 is 0 Å². The molecule has 4 rings (SSSR count). The average Bonchev–Trinajstić information content (AvgIpc) is 3.36. The Morgan fingerprint density at radius 3 is 2.27 bits per heavy atom. The van der Waals surface area contributed by atoms with Crippen molar-refractivity contribution in [2.75, 3.05) is 39.3 Å². The number of amides is 1. The van der Waals surface area contributed by atoms with Gasteiger partial charge in [0.2, 0.25) is 15.9 Å². The monoisotopic (exact) mass is 377 g/mol. The predicted molar refractivity (Wildman–Crippen MR) is 99.2 cm³/mol. The number of carbonyl (C=O) groups is 1. The third-order valence-corrected chi connectivity index (χ3v) is 7.91. The fourth-order valence-electron chi connectivity index (χ4n) is 4.37. The number of nitrogens with one attached hydrogen (secondary N) is 1. The average molecular weight is 378 g/mol. The van der Waals surface area contributed by atoms with Gasteiger partial charge in [-0.3, -0.25) is 4.79 Å². The summed E-state index contributed by atoms with van der Waals surface area (Å²) in [5, 5.41) is 3.39. The molecule has 3 aliphatic heterocycles. The minimum absolute atomic E-state index is 0.216. The van der Waals surface area contributed by atoms with Crippen LogP contribution in [0.3, 0.4) is 0 Å². The van der Waals surface area contributed by atoms with Crippen molar-refractivity contribution in [1.82, 2.24) is 14.5 Å². The molecule has 3 saturated heterocycles. The van der Waals surface area contributed by atoms with E-state index in [9.17, 15) is 13.2 Å². The first-order valence-corrected chi connectivity index (χ1v) is 11.1. The SMILES string of the molecule is O=C(CCc1ccc(S(=O)(=O)N2CCCC2)cc1)N1C[C@H]2CNC[C@H]2C1. The molecule has 1 amide bonds. The summed E-state index contributed by atoms with van der Waals surface area (Å²) in [5.41, 5.74) is 1.01. The highest BCUT2D eigenvalue weighted by Gasteiger charge is 2.37. The Morgan fingerprint density at radius 2 is 1.65 bits per heavy atom. The normalized spacial score (nSPS) is 26.4. The Kier molecular flexibility index (Phi) is 5.03. The molecule has 1 N–H and O–H groups in total. The van der Waals surface area contributed by atoms with E-state index in [1.807, 2.05) is 17.0 Å². The lowest BCUT2D eigenvalue weighted by Gasteiger charge is -2.18. The van der Waals surface area contributed by atoms with Gasteiger partial charge < -0.3 is 10.2 Å². The Labute approximate surface area is 155 Å². The molecule has 3 aliphatic rings. The van der Waals surface area contributed by atoms with Crippen LogP contribution >= 0.6 is 0 Å². The van der Waals surface area contributed by atoms with Crippen molar-refractivity contribution in [1.29, 1.82) is 0 Å². The zero-order chi connectivity index (χ0) is 18.1. The number of hydrogen-bond acceptors (Lipinski definition) is 4. The first kappa shape index (κ1) is 17.9. The lowest BCUT2D eigenvalue weighted by atomic mass is 10.0. The summed E-state index contributed by atoms with van der Waals surface area (Å²) in [6.07, 6.45) is 3.03. The molecule has 7 heteroatoms. The minimum Gasteiger partial charge on any atom is -0.342 e. The maximum atomic E-state index is 12.5. The van der Waals surface area contributed by atoms with Crippen LogP contribution in [0.1, 0.15) is 24.8 Å². The van der Waals surface area contributed by atoms with Crippen LogP contribution in [0.15, 0.2) is 29.2 Å². The van der Waals surface area contributed by atoms with Gasteiger partial charge in [-0.1, -0.05) is 12.1 Å². The van der Waals surface area contributed by atoms with Gasteiger partial charge in [0.05, 0.1) is 4.90 Å². The summed E-state index contributed by atoms with van der Waals surface area (Å²) in [6, 6.07) is 7.05. The van der Waals surface area contributed by atoms with Crippen LogP contribution < -0.4 is 5.32 Å². The summed E-state index contributed by atoms with van der Waals surface area (Å²) in [4.78, 5) is 14.8. The van der Waals surface area contributed by atoms with Crippen LogP contribution in [0, 0.1) is 11.8 Å². The summed E-state index contributed by atoms with van der Waals surface area (Å²) >= 11 is 0. The number of rotatable bonds is 5. The Hall–Kier alpha value is -1.44. The number of sulfonamides is 1. The fraction of sp³-hybridized carbons (Fsp3) is 0.632. The molecule has 0 bridgehead atoms. The minimum atomic E-state index is -3.36. The molecule has 2 atom stereocenters. The lowest BCUT2D eigenvalue weighted by Crippen LogP contribution is -2.32. The largest absolute Gasteiger partial charge is 0.342 e. The van der Waals surface area contributed by atoms with Gasteiger partial charge in [0.25, 0.3) is 0 Å². The molecule has 0 aliphatic carbocycles. The third kappa shape index (κ3) is 3.52. The molecule has 142 valence electrons. The van der Waals surface area contributed by atoms with E-state index < -0.39 is 10.0 Å². The molecule has 0 aromatic heterocycles. The van der Waals surface area contributed by atoms with Crippen LogP contribution in [0.5, 0.6) is 0 Å². The van der Waals surface area contributed by atoms with Gasteiger partial charge in [-0.25, -0.2) is 8.42 Å². The van der Waals surface area contributed by atoms with Gasteiger partial charge in [0.1, 0.15) is 0 Å². The van der Waals surface area contributed by atoms with Gasteiger partial charge in [-0.05, 0) is 48.8 Å². The van der Waals surface area contributed by atoms with E-state index in [2.05, 4.69) is 5.32 Å². The number of likely N-dealkylation sites (tertiary alicyclic amines) is 1. The van der Waals surface area contributed by atoms with Crippen LogP contribution in [0.25, 0.3) is 0 Å². The van der Waals surface area contributed by atoms with Crippen LogP contribution in [-0.2, 0) is 21.2 Å². The number of benzene rings is 1. The van der Waals surface area contributed by atoms with E-state index in [0.29, 0.717) is 42.7 Å². The number of carbonyl (C=O) groups excluding carboxylic acids is 1. The molecule has 26 heavy (non-hydrogen) atoms. The number of nitrogens with zero attached hydrogens (tertiary/aromatic N) is 2. The van der Waals surface area contributed by atoms with Crippen molar-refractivity contribution in [2.24, 2.45) is 11.8 Å². The maximum Gasteiger partial charge on any atom is 0.243 e. The maximum absolute atomic E-state index is 12.5. The number of fused-ring (bicyclic) bond motifs is 1. The van der Waals surface area contributed by atoms with E-state index in [0.717, 1.165) is 44.6 Å². The topological polar surface area (TPSA) is 69.7 Å². The predicted octanol–water partition coefficient (Wildman–Crippen LogP) is 1.08. The molecule has 6 nitrogen and oxygen atoms in total. The van der Waals surface area contributed by atoms with Gasteiger partial charge in [-0.15, -0.1) is 0 Å². The molecular formula is C19H27N3O3S. The van der Waals surface area contributed by atoms with Crippen molar-refractivity contribution in [3.8, 4) is 0 Å². The second-order valence-electron chi connectivity index (χ2n) is 7.73. The van der Waals surface area contributed by atoms with Crippen LogP contribution in [-0.4, -0.2) is 62.8 Å². The highest BCUT2D eigenvalue weighted by molar-refractivity contribution is 7.89. The zero-order valence-electron chi connectivity index (χ0n) is 15.1. The summed E-state index contributed by atoms with van der Waals surface area (Å²) < 4.78 is 26.6. The molecular weight excluding hydrogens is 350 g/mol. The Bertz CT molecular complexity index is 745. The van der Waals surface area contributed by atoms with E-state index in [-0.39, 0.29) is 5.91 Å². The zero-order valence-corrected chi connectivity index (χ0v) is 15.9. The molecule has 3 fully saturated rings. The van der Waals surface area contributed by atoms with Crippen LogP contribution in [0.2, 0.25) is 0 Å². The van der Waals surface area contributed by atoms with Gasteiger partial charge in [0.15, 0.2) is 0 Å². The lowest BCUT2D eigenvalue weighted by molar-refractivity contribution is -0.130. The standard InChI is InChI=1S/C19H27N3O3S/c23-19(21-13-16-11-20-12-17(16)14-21)8-5-15-3-6-18(7-4-15)26(24,25)22-9-1-2-10-22/h3-4,6-7,16-17,20H,1-2,5,8-14H2/t16-,17+. The van der Waals surface area contributed by atoms with E-state index in [1.54, 1.807) is 16.4 Å². The third-order valence-electron chi connectivity index (χ3n) is 6.00. The quantitative estimate of drug-likeness (QED) is 0.834. The van der Waals surface area contributed by atoms with Crippen molar-refractivity contribution in [3.05, 3.63) is 29.8 Å². The molecule has 0 spiro atoms. The van der Waals surface area contributed by atoms with Gasteiger partial charge in [0, 0.05) is 45.7 Å². The smallest absolute Gasteiger partial charge is 0.243 e. The van der Waals surface area contributed by atoms with E-state index in [4.69, 9.17) is 0 Å². The molecule has 3 heterocycles. The Morgan fingerprint density at radius 1 is 1.04 bits per heavy atom. The molecule has 0 unspecified atom stereocenters. The molecule has 1 aromatic carbocycles. The van der Waals surface area contributed by atoms with Gasteiger partial charge in [-0.2, -0.15) is 4.31 Å². The second kappa shape index (κ2) is 7.29. The highest BCUT2D eigenvalue weighted by atomic mass is 32.2. The first-order valence-electron chi connectivity index (χ1n) is 9.61. The molecule has 1 aromatic rings.